The highest BCUT2D eigenvalue weighted by atomic mass is 19.2. The van der Waals surface area contributed by atoms with Crippen LogP contribution in [-0.4, -0.2) is 12.6 Å². The van der Waals surface area contributed by atoms with E-state index in [1.165, 1.54) is 0 Å². The van der Waals surface area contributed by atoms with Gasteiger partial charge in [0.1, 0.15) is 0 Å². The maximum Gasteiger partial charge on any atom is 0.163 e. The number of fused-ring (bicyclic) bond motifs is 1. The van der Waals surface area contributed by atoms with Crippen molar-refractivity contribution >= 4 is 11.4 Å². The van der Waals surface area contributed by atoms with Crippen LogP contribution in [0, 0.1) is 11.6 Å². The first-order chi connectivity index (χ1) is 9.66. The molecule has 2 aromatic rings. The largest absolute Gasteiger partial charge is 0.381 e. The summed E-state index contributed by atoms with van der Waals surface area (Å²) in [5.41, 5.74) is 2.44. The van der Waals surface area contributed by atoms with E-state index < -0.39 is 11.6 Å². The maximum atomic E-state index is 13.8. The minimum absolute atomic E-state index is 0.215. The first kappa shape index (κ1) is 12.9. The Morgan fingerprint density at radius 2 is 1.95 bits per heavy atom. The van der Waals surface area contributed by atoms with Crippen molar-refractivity contribution < 1.29 is 8.78 Å². The van der Waals surface area contributed by atoms with Gasteiger partial charge in [-0.2, -0.15) is 0 Å². The molecule has 1 atom stereocenters. The van der Waals surface area contributed by atoms with Crippen LogP contribution >= 0.6 is 0 Å². The number of halogens is 2. The molecule has 0 spiro atoms. The summed E-state index contributed by atoms with van der Waals surface area (Å²) in [5.74, 6) is -1.55. The van der Waals surface area contributed by atoms with Gasteiger partial charge in [-0.3, -0.25) is 0 Å². The van der Waals surface area contributed by atoms with Crippen molar-refractivity contribution in [3.63, 3.8) is 0 Å². The lowest BCUT2D eigenvalue weighted by molar-refractivity contribution is 0.494. The standard InChI is InChI=1S/C16H16F2N2/c1-11-9-19-14-7-2-3-8-15(14)20(11)10-12-5-4-6-13(17)16(12)18/h2-8,11,19H,9-10H2,1H3. The lowest BCUT2D eigenvalue weighted by Gasteiger charge is -2.37. The van der Waals surface area contributed by atoms with Gasteiger partial charge in [0.05, 0.1) is 11.4 Å². The average molecular weight is 274 g/mol. The molecule has 2 aromatic carbocycles. The number of hydrogen-bond donors (Lipinski definition) is 1. The van der Waals surface area contributed by atoms with Crippen molar-refractivity contribution in [3.8, 4) is 0 Å². The molecule has 0 aliphatic carbocycles. The number of nitrogens with zero attached hydrogens (tertiary/aromatic N) is 1. The van der Waals surface area contributed by atoms with Gasteiger partial charge in [-0.15, -0.1) is 0 Å². The fourth-order valence-electron chi connectivity index (χ4n) is 2.57. The topological polar surface area (TPSA) is 15.3 Å². The van der Waals surface area contributed by atoms with Crippen LogP contribution in [0.4, 0.5) is 20.2 Å². The fourth-order valence-corrected chi connectivity index (χ4v) is 2.57. The summed E-state index contributed by atoms with van der Waals surface area (Å²) in [6, 6.07) is 12.4. The molecule has 20 heavy (non-hydrogen) atoms. The van der Waals surface area contributed by atoms with Crippen LogP contribution in [0.15, 0.2) is 42.5 Å². The van der Waals surface area contributed by atoms with Gasteiger partial charge >= 0.3 is 0 Å². The van der Waals surface area contributed by atoms with E-state index in [-0.39, 0.29) is 6.04 Å². The molecule has 4 heteroatoms. The minimum atomic E-state index is -0.793. The lowest BCUT2D eigenvalue weighted by Crippen LogP contribution is -2.41. The molecule has 1 aliphatic rings. The molecule has 0 radical (unpaired) electrons. The zero-order chi connectivity index (χ0) is 14.1. The lowest BCUT2D eigenvalue weighted by atomic mass is 10.1. The van der Waals surface area contributed by atoms with E-state index in [0.29, 0.717) is 12.1 Å². The van der Waals surface area contributed by atoms with Gasteiger partial charge in [0, 0.05) is 24.7 Å². The first-order valence-corrected chi connectivity index (χ1v) is 6.69. The van der Waals surface area contributed by atoms with Crippen LogP contribution in [0.1, 0.15) is 12.5 Å². The van der Waals surface area contributed by atoms with Gasteiger partial charge in [0.2, 0.25) is 0 Å². The number of nitrogens with one attached hydrogen (secondary N) is 1. The van der Waals surface area contributed by atoms with Crippen LogP contribution in [-0.2, 0) is 6.54 Å². The molecule has 2 nitrogen and oxygen atoms in total. The van der Waals surface area contributed by atoms with E-state index in [0.717, 1.165) is 24.0 Å². The Labute approximate surface area is 117 Å². The van der Waals surface area contributed by atoms with Gasteiger partial charge in [-0.05, 0) is 25.1 Å². The zero-order valence-corrected chi connectivity index (χ0v) is 11.2. The summed E-state index contributed by atoms with van der Waals surface area (Å²) < 4.78 is 27.2. The molecule has 0 saturated carbocycles. The summed E-state index contributed by atoms with van der Waals surface area (Å²) in [4.78, 5) is 2.10. The third-order valence-corrected chi connectivity index (χ3v) is 3.71. The van der Waals surface area contributed by atoms with Gasteiger partial charge in [0.15, 0.2) is 11.6 Å². The predicted octanol–water partition coefficient (Wildman–Crippen LogP) is 3.79. The normalized spacial score (nSPS) is 17.6. The van der Waals surface area contributed by atoms with Crippen LogP contribution in [0.2, 0.25) is 0 Å². The molecule has 0 amide bonds. The third kappa shape index (κ3) is 2.22. The first-order valence-electron chi connectivity index (χ1n) is 6.69. The third-order valence-electron chi connectivity index (χ3n) is 3.71. The Balaban J connectivity index is 1.96. The van der Waals surface area contributed by atoms with E-state index >= 15 is 0 Å². The van der Waals surface area contributed by atoms with Crippen molar-refractivity contribution in [2.45, 2.75) is 19.5 Å². The molecule has 1 aliphatic heterocycles. The summed E-state index contributed by atoms with van der Waals surface area (Å²) in [7, 11) is 0. The highest BCUT2D eigenvalue weighted by molar-refractivity contribution is 5.72. The van der Waals surface area contributed by atoms with E-state index in [1.807, 2.05) is 24.3 Å². The smallest absolute Gasteiger partial charge is 0.163 e. The molecule has 1 N–H and O–H groups in total. The summed E-state index contributed by atoms with van der Waals surface area (Å²) >= 11 is 0. The Morgan fingerprint density at radius 3 is 2.80 bits per heavy atom. The number of hydrogen-bond acceptors (Lipinski definition) is 2. The van der Waals surface area contributed by atoms with Gasteiger partial charge in [0.25, 0.3) is 0 Å². The van der Waals surface area contributed by atoms with Crippen LogP contribution in [0.3, 0.4) is 0 Å². The van der Waals surface area contributed by atoms with Crippen molar-refractivity contribution in [3.05, 3.63) is 59.7 Å². The summed E-state index contributed by atoms with van der Waals surface area (Å²) in [6.07, 6.45) is 0. The van der Waals surface area contributed by atoms with Crippen molar-refractivity contribution in [1.29, 1.82) is 0 Å². The highest BCUT2D eigenvalue weighted by Gasteiger charge is 2.23. The Morgan fingerprint density at radius 1 is 1.15 bits per heavy atom. The molecule has 0 aromatic heterocycles. The molecule has 1 unspecified atom stereocenters. The molecule has 0 fully saturated rings. The van der Waals surface area contributed by atoms with Gasteiger partial charge in [-0.25, -0.2) is 8.78 Å². The SMILES string of the molecule is CC1CNc2ccccc2N1Cc1cccc(F)c1F. The number of para-hydroxylation sites is 2. The zero-order valence-electron chi connectivity index (χ0n) is 11.2. The fraction of sp³-hybridized carbons (Fsp3) is 0.250. The van der Waals surface area contributed by atoms with Crippen molar-refractivity contribution in [2.24, 2.45) is 0 Å². The van der Waals surface area contributed by atoms with Crippen LogP contribution in [0.25, 0.3) is 0 Å². The molecular weight excluding hydrogens is 258 g/mol. The number of anilines is 2. The average Bonchev–Trinajstić information content (AvgIpc) is 2.46. The van der Waals surface area contributed by atoms with Crippen LogP contribution in [0.5, 0.6) is 0 Å². The van der Waals surface area contributed by atoms with Gasteiger partial charge in [-0.1, -0.05) is 24.3 Å². The molecule has 0 bridgehead atoms. The molecule has 3 rings (SSSR count). The second-order valence-electron chi connectivity index (χ2n) is 5.09. The van der Waals surface area contributed by atoms with E-state index in [1.54, 1.807) is 12.1 Å². The Hall–Kier alpha value is -2.10. The van der Waals surface area contributed by atoms with Crippen molar-refractivity contribution in [2.75, 3.05) is 16.8 Å². The second-order valence-corrected chi connectivity index (χ2v) is 5.09. The maximum absolute atomic E-state index is 13.8. The number of benzene rings is 2. The van der Waals surface area contributed by atoms with E-state index in [9.17, 15) is 8.78 Å². The highest BCUT2D eigenvalue weighted by Crippen LogP contribution is 2.32. The molecule has 0 saturated heterocycles. The quantitative estimate of drug-likeness (QED) is 0.896. The summed E-state index contributed by atoms with van der Waals surface area (Å²) in [5, 5.41) is 3.34. The molecule has 1 heterocycles. The minimum Gasteiger partial charge on any atom is -0.381 e. The second kappa shape index (κ2) is 5.12. The number of rotatable bonds is 2. The van der Waals surface area contributed by atoms with Crippen molar-refractivity contribution in [1.82, 2.24) is 0 Å². The molecule has 104 valence electrons. The Bertz CT molecular complexity index is 628. The monoisotopic (exact) mass is 274 g/mol. The summed E-state index contributed by atoms with van der Waals surface area (Å²) in [6.45, 7) is 3.22. The molecular formula is C16H16F2N2. The van der Waals surface area contributed by atoms with Crippen LogP contribution < -0.4 is 10.2 Å². The Kier molecular flexibility index (Phi) is 3.30. The predicted molar refractivity (Wildman–Crippen MR) is 76.9 cm³/mol. The van der Waals surface area contributed by atoms with Gasteiger partial charge < -0.3 is 10.2 Å². The van der Waals surface area contributed by atoms with E-state index in [4.69, 9.17) is 0 Å². The van der Waals surface area contributed by atoms with E-state index in [2.05, 4.69) is 17.1 Å².